The predicted octanol–water partition coefficient (Wildman–Crippen LogP) is 3.59. The van der Waals surface area contributed by atoms with Crippen LogP contribution in [-0.2, 0) is 10.8 Å². The van der Waals surface area contributed by atoms with E-state index in [1.165, 1.54) is 0 Å². The van der Waals surface area contributed by atoms with E-state index in [1.807, 2.05) is 66.7 Å². The van der Waals surface area contributed by atoms with Crippen molar-refractivity contribution in [2.45, 2.75) is 4.90 Å². The van der Waals surface area contributed by atoms with Crippen molar-refractivity contribution >= 4 is 23.0 Å². The maximum Gasteiger partial charge on any atom is 0.0504 e. The summed E-state index contributed by atoms with van der Waals surface area (Å²) in [5.74, 6) is 0. The molecule has 0 saturated carbocycles. The van der Waals surface area contributed by atoms with Gasteiger partial charge in [-0.2, -0.15) is 0 Å². The van der Waals surface area contributed by atoms with Gasteiger partial charge >= 0.3 is 0 Å². The van der Waals surface area contributed by atoms with Crippen LogP contribution in [0.25, 0.3) is 12.2 Å². The zero-order valence-electron chi connectivity index (χ0n) is 9.67. The molecule has 2 heteroatoms. The molecule has 0 fully saturated rings. The van der Waals surface area contributed by atoms with Crippen LogP contribution in [0.3, 0.4) is 0 Å². The van der Waals surface area contributed by atoms with Gasteiger partial charge in [0.25, 0.3) is 0 Å². The lowest BCUT2D eigenvalue weighted by atomic mass is 10.1. The standard InChI is InChI=1S/C15H14OS/c1-17(16)15-10-6-5-9-14(15)12-11-13-7-3-2-4-8-13/h2-12H,1H3. The second-order valence-electron chi connectivity index (χ2n) is 3.74. The molecular formula is C15H14OS. The summed E-state index contributed by atoms with van der Waals surface area (Å²) in [6.07, 6.45) is 5.74. The van der Waals surface area contributed by atoms with Crippen LogP contribution in [0.1, 0.15) is 11.1 Å². The Kier molecular flexibility index (Phi) is 3.89. The molecule has 0 radical (unpaired) electrons. The third-order valence-corrected chi connectivity index (χ3v) is 3.47. The number of hydrogen-bond acceptors (Lipinski definition) is 1. The fourth-order valence-corrected chi connectivity index (χ4v) is 2.37. The second-order valence-corrected chi connectivity index (χ2v) is 5.08. The molecule has 0 heterocycles. The first-order valence-corrected chi connectivity index (χ1v) is 6.99. The van der Waals surface area contributed by atoms with Gasteiger partial charge in [-0.15, -0.1) is 0 Å². The van der Waals surface area contributed by atoms with Gasteiger partial charge in [-0.1, -0.05) is 60.7 Å². The highest BCUT2D eigenvalue weighted by atomic mass is 32.2. The van der Waals surface area contributed by atoms with E-state index in [4.69, 9.17) is 0 Å². The number of benzene rings is 2. The predicted molar refractivity (Wildman–Crippen MR) is 74.1 cm³/mol. The van der Waals surface area contributed by atoms with Crippen LogP contribution in [0.5, 0.6) is 0 Å². The Hall–Kier alpha value is -1.67. The van der Waals surface area contributed by atoms with Crippen LogP contribution in [0.15, 0.2) is 59.5 Å². The quantitative estimate of drug-likeness (QED) is 0.752. The molecule has 1 nitrogen and oxygen atoms in total. The Bertz CT molecular complexity index is 544. The Morgan fingerprint density at radius 1 is 0.882 bits per heavy atom. The summed E-state index contributed by atoms with van der Waals surface area (Å²) in [7, 11) is -0.950. The highest BCUT2D eigenvalue weighted by Crippen LogP contribution is 2.15. The fraction of sp³-hybridized carbons (Fsp3) is 0.0667. The molecule has 0 bridgehead atoms. The molecule has 2 aromatic carbocycles. The highest BCUT2D eigenvalue weighted by Gasteiger charge is 2.01. The summed E-state index contributed by atoms with van der Waals surface area (Å²) in [5, 5.41) is 0. The molecule has 0 aliphatic carbocycles. The molecule has 0 aromatic heterocycles. The highest BCUT2D eigenvalue weighted by molar-refractivity contribution is 7.84. The molecule has 0 aliphatic heterocycles. The van der Waals surface area contributed by atoms with E-state index in [9.17, 15) is 4.21 Å². The van der Waals surface area contributed by atoms with Crippen molar-refractivity contribution in [3.05, 3.63) is 65.7 Å². The van der Waals surface area contributed by atoms with Gasteiger partial charge in [-0.05, 0) is 17.2 Å². The van der Waals surface area contributed by atoms with Gasteiger partial charge in [-0.25, -0.2) is 0 Å². The van der Waals surface area contributed by atoms with E-state index in [-0.39, 0.29) is 0 Å². The topological polar surface area (TPSA) is 17.1 Å². The summed E-state index contributed by atoms with van der Waals surface area (Å²) in [5.41, 5.74) is 2.15. The molecule has 17 heavy (non-hydrogen) atoms. The molecule has 86 valence electrons. The molecule has 0 N–H and O–H groups in total. The van der Waals surface area contributed by atoms with Gasteiger partial charge in [0.15, 0.2) is 0 Å². The molecule has 0 spiro atoms. The second kappa shape index (κ2) is 5.60. The van der Waals surface area contributed by atoms with Crippen molar-refractivity contribution in [2.75, 3.05) is 6.26 Å². The van der Waals surface area contributed by atoms with Gasteiger partial charge in [-0.3, -0.25) is 4.21 Å². The van der Waals surface area contributed by atoms with Crippen LogP contribution < -0.4 is 0 Å². The van der Waals surface area contributed by atoms with E-state index < -0.39 is 10.8 Å². The monoisotopic (exact) mass is 242 g/mol. The Labute approximate surface area is 104 Å². The Morgan fingerprint density at radius 2 is 1.53 bits per heavy atom. The largest absolute Gasteiger partial charge is 0.255 e. The first-order valence-electron chi connectivity index (χ1n) is 5.43. The van der Waals surface area contributed by atoms with E-state index in [1.54, 1.807) is 6.26 Å². The van der Waals surface area contributed by atoms with Gasteiger partial charge in [0.2, 0.25) is 0 Å². The lowest BCUT2D eigenvalue weighted by molar-refractivity contribution is 0.686. The van der Waals surface area contributed by atoms with Gasteiger partial charge in [0, 0.05) is 11.2 Å². The van der Waals surface area contributed by atoms with Crippen LogP contribution in [0.4, 0.5) is 0 Å². The minimum Gasteiger partial charge on any atom is -0.255 e. The number of rotatable bonds is 3. The van der Waals surface area contributed by atoms with Gasteiger partial charge in [0.1, 0.15) is 0 Å². The maximum atomic E-state index is 11.6. The smallest absolute Gasteiger partial charge is 0.0504 e. The van der Waals surface area contributed by atoms with Crippen molar-refractivity contribution in [1.82, 2.24) is 0 Å². The van der Waals surface area contributed by atoms with E-state index in [0.717, 1.165) is 16.0 Å². The first-order chi connectivity index (χ1) is 8.27. The summed E-state index contributed by atoms with van der Waals surface area (Å²) < 4.78 is 11.6. The van der Waals surface area contributed by atoms with Crippen LogP contribution in [-0.4, -0.2) is 10.5 Å². The van der Waals surface area contributed by atoms with Crippen LogP contribution in [0.2, 0.25) is 0 Å². The maximum absolute atomic E-state index is 11.6. The third-order valence-electron chi connectivity index (χ3n) is 2.48. The Balaban J connectivity index is 2.30. The molecular weight excluding hydrogens is 228 g/mol. The van der Waals surface area contributed by atoms with E-state index >= 15 is 0 Å². The summed E-state index contributed by atoms with van der Waals surface area (Å²) in [6.45, 7) is 0. The van der Waals surface area contributed by atoms with Crippen molar-refractivity contribution in [3.63, 3.8) is 0 Å². The molecule has 1 unspecified atom stereocenters. The average molecular weight is 242 g/mol. The summed E-state index contributed by atoms with van der Waals surface area (Å²) in [4.78, 5) is 0.875. The molecule has 0 saturated heterocycles. The zero-order chi connectivity index (χ0) is 12.1. The SMILES string of the molecule is CS(=O)c1ccccc1C=Cc1ccccc1. The molecule has 2 rings (SSSR count). The lowest BCUT2D eigenvalue weighted by Gasteiger charge is -2.01. The lowest BCUT2D eigenvalue weighted by Crippen LogP contribution is -1.90. The summed E-state index contributed by atoms with van der Waals surface area (Å²) in [6, 6.07) is 17.8. The average Bonchev–Trinajstić information content (AvgIpc) is 2.38. The third kappa shape index (κ3) is 3.14. The zero-order valence-corrected chi connectivity index (χ0v) is 10.5. The number of hydrogen-bond donors (Lipinski definition) is 0. The van der Waals surface area contributed by atoms with Crippen LogP contribution in [0, 0.1) is 0 Å². The fourth-order valence-electron chi connectivity index (χ4n) is 1.63. The minimum absolute atomic E-state index is 0.875. The molecule has 1 atom stereocenters. The molecule has 2 aromatic rings. The van der Waals surface area contributed by atoms with Gasteiger partial charge in [0.05, 0.1) is 10.8 Å². The van der Waals surface area contributed by atoms with E-state index in [0.29, 0.717) is 0 Å². The first kappa shape index (κ1) is 11.8. The minimum atomic E-state index is -0.950. The van der Waals surface area contributed by atoms with Crippen molar-refractivity contribution < 1.29 is 4.21 Å². The van der Waals surface area contributed by atoms with Crippen molar-refractivity contribution in [3.8, 4) is 0 Å². The van der Waals surface area contributed by atoms with Crippen molar-refractivity contribution in [1.29, 1.82) is 0 Å². The summed E-state index contributed by atoms with van der Waals surface area (Å²) >= 11 is 0. The van der Waals surface area contributed by atoms with Crippen LogP contribution >= 0.6 is 0 Å². The van der Waals surface area contributed by atoms with Gasteiger partial charge < -0.3 is 0 Å². The molecule has 0 amide bonds. The Morgan fingerprint density at radius 3 is 2.24 bits per heavy atom. The van der Waals surface area contributed by atoms with E-state index in [2.05, 4.69) is 0 Å². The molecule has 0 aliphatic rings. The van der Waals surface area contributed by atoms with Crippen molar-refractivity contribution in [2.24, 2.45) is 0 Å². The normalized spacial score (nSPS) is 12.8.